The van der Waals surface area contributed by atoms with Gasteiger partial charge in [-0.3, -0.25) is 9.79 Å². The van der Waals surface area contributed by atoms with Crippen LogP contribution >= 0.6 is 0 Å². The van der Waals surface area contributed by atoms with E-state index in [0.717, 1.165) is 45.1 Å². The second-order valence-electron chi connectivity index (χ2n) is 7.12. The number of aliphatic imine (C=N–C) groups is 1. The lowest BCUT2D eigenvalue weighted by Gasteiger charge is -2.24. The Morgan fingerprint density at radius 3 is 2.77 bits per heavy atom. The van der Waals surface area contributed by atoms with Gasteiger partial charge in [0, 0.05) is 39.2 Å². The van der Waals surface area contributed by atoms with E-state index in [4.69, 9.17) is 9.47 Å². The second-order valence-corrected chi connectivity index (χ2v) is 7.12. The molecule has 2 aliphatic rings. The van der Waals surface area contributed by atoms with Gasteiger partial charge < -0.3 is 19.7 Å². The lowest BCUT2D eigenvalue weighted by atomic mass is 10.1. The van der Waals surface area contributed by atoms with Crippen LogP contribution in [0.15, 0.2) is 4.99 Å². The molecule has 6 heteroatoms. The maximum absolute atomic E-state index is 12.2. The zero-order valence-corrected chi connectivity index (χ0v) is 14.2. The van der Waals surface area contributed by atoms with Gasteiger partial charge in [-0.1, -0.05) is 0 Å². The Morgan fingerprint density at radius 1 is 1.41 bits per heavy atom. The minimum absolute atomic E-state index is 0.0624. The number of hydrogen-bond acceptors (Lipinski definition) is 4. The van der Waals surface area contributed by atoms with E-state index in [9.17, 15) is 4.79 Å². The van der Waals surface area contributed by atoms with Crippen molar-refractivity contribution in [2.45, 2.75) is 39.2 Å². The summed E-state index contributed by atoms with van der Waals surface area (Å²) in [7, 11) is 1.79. The molecule has 1 N–H and O–H groups in total. The van der Waals surface area contributed by atoms with E-state index in [0.29, 0.717) is 12.5 Å². The second kappa shape index (κ2) is 7.31. The van der Waals surface area contributed by atoms with E-state index in [1.165, 1.54) is 0 Å². The van der Waals surface area contributed by atoms with Crippen LogP contribution in [0, 0.1) is 11.8 Å². The Kier molecular flexibility index (Phi) is 5.67. The minimum atomic E-state index is -0.424. The highest BCUT2D eigenvalue weighted by atomic mass is 16.6. The van der Waals surface area contributed by atoms with E-state index in [-0.39, 0.29) is 11.9 Å². The number of carbonyl (C=O) groups excluding carboxylic acids is 1. The first-order chi connectivity index (χ1) is 10.4. The third kappa shape index (κ3) is 4.87. The number of carbonyl (C=O) groups is 1. The van der Waals surface area contributed by atoms with Crippen LogP contribution in [0.4, 0.5) is 0 Å². The van der Waals surface area contributed by atoms with Crippen molar-refractivity contribution in [3.8, 4) is 0 Å². The van der Waals surface area contributed by atoms with Crippen molar-refractivity contribution >= 4 is 11.9 Å². The van der Waals surface area contributed by atoms with E-state index in [1.54, 1.807) is 7.05 Å². The fraction of sp³-hybridized carbons (Fsp3) is 0.875. The van der Waals surface area contributed by atoms with E-state index in [1.807, 2.05) is 20.8 Å². The van der Waals surface area contributed by atoms with E-state index in [2.05, 4.69) is 15.2 Å². The Hall–Kier alpha value is -1.30. The molecule has 0 radical (unpaired) electrons. The van der Waals surface area contributed by atoms with Gasteiger partial charge in [-0.15, -0.1) is 0 Å². The molecule has 2 atom stereocenters. The molecule has 22 heavy (non-hydrogen) atoms. The van der Waals surface area contributed by atoms with Gasteiger partial charge in [0.25, 0.3) is 0 Å². The Bertz CT molecular complexity index is 411. The van der Waals surface area contributed by atoms with Gasteiger partial charge in [-0.2, -0.15) is 0 Å². The number of nitrogens with one attached hydrogen (secondary N) is 1. The average molecular weight is 311 g/mol. The Balaban J connectivity index is 1.81. The molecule has 2 aliphatic heterocycles. The molecule has 0 spiro atoms. The molecule has 2 fully saturated rings. The third-order valence-electron chi connectivity index (χ3n) is 4.01. The first-order valence-electron chi connectivity index (χ1n) is 8.15. The fourth-order valence-electron chi connectivity index (χ4n) is 2.84. The summed E-state index contributed by atoms with van der Waals surface area (Å²) in [5.74, 6) is 1.26. The molecule has 126 valence electrons. The molecule has 2 saturated heterocycles. The first kappa shape index (κ1) is 17.1. The predicted molar refractivity (Wildman–Crippen MR) is 85.8 cm³/mol. The van der Waals surface area contributed by atoms with Crippen LogP contribution in [0.2, 0.25) is 0 Å². The molecular formula is C16H29N3O3. The van der Waals surface area contributed by atoms with Crippen molar-refractivity contribution in [1.29, 1.82) is 0 Å². The van der Waals surface area contributed by atoms with Crippen molar-refractivity contribution in [3.63, 3.8) is 0 Å². The summed E-state index contributed by atoms with van der Waals surface area (Å²) in [4.78, 5) is 18.6. The van der Waals surface area contributed by atoms with Gasteiger partial charge in [0.2, 0.25) is 0 Å². The van der Waals surface area contributed by atoms with Gasteiger partial charge in [-0.05, 0) is 33.6 Å². The van der Waals surface area contributed by atoms with E-state index < -0.39 is 5.60 Å². The SMILES string of the molecule is CN=C(NCC1CCOC1)N1CCC(C(=O)OC(C)(C)C)C1. The Labute approximate surface area is 133 Å². The van der Waals surface area contributed by atoms with Gasteiger partial charge in [0.05, 0.1) is 12.5 Å². The maximum atomic E-state index is 12.2. The number of esters is 1. The van der Waals surface area contributed by atoms with Crippen LogP contribution in [0.5, 0.6) is 0 Å². The van der Waals surface area contributed by atoms with Gasteiger partial charge in [0.1, 0.15) is 5.60 Å². The van der Waals surface area contributed by atoms with Crippen molar-refractivity contribution in [2.24, 2.45) is 16.8 Å². The summed E-state index contributed by atoms with van der Waals surface area (Å²) < 4.78 is 10.9. The zero-order chi connectivity index (χ0) is 16.2. The molecule has 6 nitrogen and oxygen atoms in total. The van der Waals surface area contributed by atoms with Gasteiger partial charge in [0.15, 0.2) is 5.96 Å². The van der Waals surface area contributed by atoms with Crippen molar-refractivity contribution in [1.82, 2.24) is 10.2 Å². The molecule has 2 heterocycles. The van der Waals surface area contributed by atoms with Gasteiger partial charge in [-0.25, -0.2) is 0 Å². The van der Waals surface area contributed by atoms with E-state index >= 15 is 0 Å². The Morgan fingerprint density at radius 2 is 2.18 bits per heavy atom. The fourth-order valence-corrected chi connectivity index (χ4v) is 2.84. The van der Waals surface area contributed by atoms with Crippen LogP contribution in [0.1, 0.15) is 33.6 Å². The van der Waals surface area contributed by atoms with Crippen LogP contribution in [-0.4, -0.2) is 62.3 Å². The zero-order valence-electron chi connectivity index (χ0n) is 14.2. The molecule has 0 aromatic rings. The number of guanidine groups is 1. The molecule has 2 unspecified atom stereocenters. The van der Waals surface area contributed by atoms with Gasteiger partial charge >= 0.3 is 5.97 Å². The standard InChI is InChI=1S/C16H29N3O3/c1-16(2,3)22-14(20)13-5-7-19(10-13)15(17-4)18-9-12-6-8-21-11-12/h12-13H,5-11H2,1-4H3,(H,17,18). The lowest BCUT2D eigenvalue weighted by molar-refractivity contribution is -0.159. The maximum Gasteiger partial charge on any atom is 0.311 e. The quantitative estimate of drug-likeness (QED) is 0.483. The molecule has 0 saturated carbocycles. The largest absolute Gasteiger partial charge is 0.460 e. The van der Waals surface area contributed by atoms with Crippen LogP contribution in [-0.2, 0) is 14.3 Å². The highest BCUT2D eigenvalue weighted by Gasteiger charge is 2.33. The molecule has 0 bridgehead atoms. The summed E-state index contributed by atoms with van der Waals surface area (Å²) in [6.07, 6.45) is 1.92. The van der Waals surface area contributed by atoms with Crippen LogP contribution in [0.25, 0.3) is 0 Å². The number of nitrogens with zero attached hydrogens (tertiary/aromatic N) is 2. The first-order valence-corrected chi connectivity index (χ1v) is 8.15. The molecule has 0 amide bonds. The van der Waals surface area contributed by atoms with Crippen molar-refractivity contribution < 1.29 is 14.3 Å². The summed E-state index contributed by atoms with van der Waals surface area (Å²) in [6, 6.07) is 0. The smallest absolute Gasteiger partial charge is 0.311 e. The third-order valence-corrected chi connectivity index (χ3v) is 4.01. The minimum Gasteiger partial charge on any atom is -0.460 e. The highest BCUT2D eigenvalue weighted by Crippen LogP contribution is 2.21. The molecular weight excluding hydrogens is 282 g/mol. The summed E-state index contributed by atoms with van der Waals surface area (Å²) in [5.41, 5.74) is -0.424. The molecule has 2 rings (SSSR count). The molecule has 0 aromatic heterocycles. The summed E-state index contributed by atoms with van der Waals surface area (Å²) >= 11 is 0. The topological polar surface area (TPSA) is 63.2 Å². The number of ether oxygens (including phenoxy) is 2. The monoisotopic (exact) mass is 311 g/mol. The molecule has 0 aliphatic carbocycles. The normalized spacial score (nSPS) is 26.4. The van der Waals surface area contributed by atoms with Crippen LogP contribution < -0.4 is 5.32 Å². The predicted octanol–water partition coefficient (Wildman–Crippen LogP) is 1.26. The van der Waals surface area contributed by atoms with Crippen molar-refractivity contribution in [3.05, 3.63) is 0 Å². The summed E-state index contributed by atoms with van der Waals surface area (Å²) in [5, 5.41) is 3.40. The average Bonchev–Trinajstić information content (AvgIpc) is 3.08. The highest BCUT2D eigenvalue weighted by molar-refractivity contribution is 5.82. The molecule has 0 aromatic carbocycles. The van der Waals surface area contributed by atoms with Crippen molar-refractivity contribution in [2.75, 3.05) is 39.9 Å². The number of likely N-dealkylation sites (tertiary alicyclic amines) is 1. The lowest BCUT2D eigenvalue weighted by Crippen LogP contribution is -2.42. The summed E-state index contributed by atoms with van der Waals surface area (Å²) in [6.45, 7) is 9.78. The number of hydrogen-bond donors (Lipinski definition) is 1. The number of rotatable bonds is 3. The van der Waals surface area contributed by atoms with Crippen LogP contribution in [0.3, 0.4) is 0 Å².